The van der Waals surface area contributed by atoms with Crippen molar-refractivity contribution in [3.8, 4) is 0 Å². The molecule has 1 aliphatic heterocycles. The fourth-order valence-electron chi connectivity index (χ4n) is 1.77. The van der Waals surface area contributed by atoms with E-state index in [0.29, 0.717) is 10.8 Å². The van der Waals surface area contributed by atoms with E-state index in [-0.39, 0.29) is 0 Å². The van der Waals surface area contributed by atoms with E-state index in [1.807, 2.05) is 23.5 Å². The molecule has 0 radical (unpaired) electrons. The van der Waals surface area contributed by atoms with Crippen LogP contribution in [0.3, 0.4) is 0 Å². The number of hydrogen-bond acceptors (Lipinski definition) is 3. The molecule has 0 spiro atoms. The monoisotopic (exact) mass is 253 g/mol. The fourth-order valence-corrected chi connectivity index (χ4v) is 3.20. The molecule has 16 heavy (non-hydrogen) atoms. The smallest absolute Gasteiger partial charge is 0.0427 e. The number of nitrogens with one attached hydrogen (secondary N) is 1. The quantitative estimate of drug-likeness (QED) is 0.881. The summed E-state index contributed by atoms with van der Waals surface area (Å²) in [5, 5.41) is 3.69. The summed E-state index contributed by atoms with van der Waals surface area (Å²) in [6, 6.07) is 9.27. The molecule has 0 aromatic heterocycles. The lowest BCUT2D eigenvalue weighted by atomic mass is 10.1. The molecule has 1 nitrogen and oxygen atoms in total. The lowest BCUT2D eigenvalue weighted by Crippen LogP contribution is -2.34. The molecule has 0 saturated heterocycles. The minimum atomic E-state index is 0.322. The van der Waals surface area contributed by atoms with Crippen molar-refractivity contribution in [1.29, 1.82) is 0 Å². The largest absolute Gasteiger partial charge is 0.308 e. The summed E-state index contributed by atoms with van der Waals surface area (Å²) in [5.41, 5.74) is 1.48. The van der Waals surface area contributed by atoms with E-state index in [4.69, 9.17) is 0 Å². The van der Waals surface area contributed by atoms with Gasteiger partial charge in [0.05, 0.1) is 0 Å². The molecule has 0 bridgehead atoms. The van der Waals surface area contributed by atoms with Crippen molar-refractivity contribution >= 4 is 23.5 Å². The first kappa shape index (κ1) is 12.3. The van der Waals surface area contributed by atoms with Crippen LogP contribution in [0.15, 0.2) is 29.2 Å². The molecule has 1 aromatic rings. The summed E-state index contributed by atoms with van der Waals surface area (Å²) in [5.74, 6) is 1.17. The standard InChI is InChI=1S/C13H19NS2/c1-13(2,15-3)9-14-11-8-16-12-7-5-4-6-10(11)12/h4-7,11,14H,8-9H2,1-3H3. The first-order valence-corrected chi connectivity index (χ1v) is 7.84. The van der Waals surface area contributed by atoms with Crippen molar-refractivity contribution in [2.45, 2.75) is 29.5 Å². The molecule has 88 valence electrons. The average Bonchev–Trinajstić information content (AvgIpc) is 2.70. The van der Waals surface area contributed by atoms with Crippen molar-refractivity contribution in [3.63, 3.8) is 0 Å². The van der Waals surface area contributed by atoms with Crippen LogP contribution in [0.2, 0.25) is 0 Å². The van der Waals surface area contributed by atoms with E-state index in [0.717, 1.165) is 6.54 Å². The predicted molar refractivity (Wildman–Crippen MR) is 75.5 cm³/mol. The van der Waals surface area contributed by atoms with Gasteiger partial charge in [0.2, 0.25) is 0 Å². The highest BCUT2D eigenvalue weighted by Crippen LogP contribution is 2.38. The molecule has 0 amide bonds. The molecule has 0 saturated carbocycles. The SMILES string of the molecule is CSC(C)(C)CNC1CSc2ccccc21. The Balaban J connectivity index is 1.99. The molecule has 1 aliphatic rings. The number of hydrogen-bond donors (Lipinski definition) is 1. The van der Waals surface area contributed by atoms with Crippen LogP contribution in [0, 0.1) is 0 Å². The van der Waals surface area contributed by atoms with Gasteiger partial charge in [0.25, 0.3) is 0 Å². The minimum absolute atomic E-state index is 0.322. The van der Waals surface area contributed by atoms with Crippen LogP contribution in [0.4, 0.5) is 0 Å². The van der Waals surface area contributed by atoms with Gasteiger partial charge >= 0.3 is 0 Å². The van der Waals surface area contributed by atoms with Crippen LogP contribution in [0.1, 0.15) is 25.5 Å². The van der Waals surface area contributed by atoms with Crippen LogP contribution in [0.25, 0.3) is 0 Å². The second-order valence-electron chi connectivity index (χ2n) is 4.75. The second kappa shape index (κ2) is 5.03. The van der Waals surface area contributed by atoms with Gasteiger partial charge in [0.15, 0.2) is 0 Å². The highest BCUT2D eigenvalue weighted by Gasteiger charge is 2.24. The molecule has 1 heterocycles. The maximum Gasteiger partial charge on any atom is 0.0427 e. The number of thioether (sulfide) groups is 2. The lowest BCUT2D eigenvalue weighted by molar-refractivity contribution is 0.528. The van der Waals surface area contributed by atoms with Gasteiger partial charge in [0, 0.05) is 28.0 Å². The second-order valence-corrected chi connectivity index (χ2v) is 7.32. The zero-order valence-electron chi connectivity index (χ0n) is 10.1. The minimum Gasteiger partial charge on any atom is -0.308 e. The molecule has 0 aliphatic carbocycles. The third kappa shape index (κ3) is 2.76. The Kier molecular flexibility index (Phi) is 3.88. The van der Waals surface area contributed by atoms with Crippen molar-refractivity contribution < 1.29 is 0 Å². The molecular weight excluding hydrogens is 234 g/mol. The van der Waals surface area contributed by atoms with Crippen LogP contribution in [-0.2, 0) is 0 Å². The Morgan fingerprint density at radius 1 is 1.44 bits per heavy atom. The van der Waals surface area contributed by atoms with Crippen LogP contribution < -0.4 is 5.32 Å². The highest BCUT2D eigenvalue weighted by molar-refractivity contribution is 8.00. The zero-order valence-corrected chi connectivity index (χ0v) is 11.8. The van der Waals surface area contributed by atoms with E-state index >= 15 is 0 Å². The fraction of sp³-hybridized carbons (Fsp3) is 0.538. The summed E-state index contributed by atoms with van der Waals surface area (Å²) in [4.78, 5) is 1.45. The van der Waals surface area contributed by atoms with E-state index in [9.17, 15) is 0 Å². The number of rotatable bonds is 4. The number of benzene rings is 1. The van der Waals surface area contributed by atoms with Gasteiger partial charge in [-0.05, 0) is 31.7 Å². The Morgan fingerprint density at radius 2 is 2.19 bits per heavy atom. The predicted octanol–water partition coefficient (Wildman–Crippen LogP) is 3.56. The van der Waals surface area contributed by atoms with Gasteiger partial charge in [-0.25, -0.2) is 0 Å². The van der Waals surface area contributed by atoms with Crippen LogP contribution in [-0.4, -0.2) is 23.3 Å². The molecular formula is C13H19NS2. The number of fused-ring (bicyclic) bond motifs is 1. The van der Waals surface area contributed by atoms with E-state index in [1.165, 1.54) is 16.2 Å². The van der Waals surface area contributed by atoms with E-state index in [1.54, 1.807) is 0 Å². The molecule has 3 heteroatoms. The van der Waals surface area contributed by atoms with Crippen molar-refractivity contribution in [3.05, 3.63) is 29.8 Å². The van der Waals surface area contributed by atoms with Gasteiger partial charge in [-0.3, -0.25) is 0 Å². The summed E-state index contributed by atoms with van der Waals surface area (Å²) >= 11 is 3.89. The Hall–Kier alpha value is -0.120. The van der Waals surface area contributed by atoms with Crippen LogP contribution >= 0.6 is 23.5 Å². The third-order valence-corrected chi connectivity index (χ3v) is 5.46. The molecule has 1 unspecified atom stereocenters. The van der Waals surface area contributed by atoms with Gasteiger partial charge < -0.3 is 5.32 Å². The van der Waals surface area contributed by atoms with Gasteiger partial charge in [0.1, 0.15) is 0 Å². The molecule has 1 aromatic carbocycles. The van der Waals surface area contributed by atoms with Gasteiger partial charge in [-0.15, -0.1) is 11.8 Å². The molecule has 2 rings (SSSR count). The zero-order chi connectivity index (χ0) is 11.6. The first-order valence-electron chi connectivity index (χ1n) is 5.63. The molecule has 0 fully saturated rings. The van der Waals surface area contributed by atoms with Crippen molar-refractivity contribution in [2.75, 3.05) is 18.6 Å². The Morgan fingerprint density at radius 3 is 2.94 bits per heavy atom. The average molecular weight is 253 g/mol. The van der Waals surface area contributed by atoms with E-state index in [2.05, 4.69) is 49.7 Å². The lowest BCUT2D eigenvalue weighted by Gasteiger charge is -2.25. The normalized spacial score (nSPS) is 19.8. The molecule has 1 atom stereocenters. The Labute approximate surface area is 107 Å². The maximum absolute atomic E-state index is 3.69. The van der Waals surface area contributed by atoms with Gasteiger partial charge in [-0.1, -0.05) is 18.2 Å². The van der Waals surface area contributed by atoms with Crippen molar-refractivity contribution in [1.82, 2.24) is 5.32 Å². The van der Waals surface area contributed by atoms with E-state index < -0.39 is 0 Å². The van der Waals surface area contributed by atoms with Crippen molar-refractivity contribution in [2.24, 2.45) is 0 Å². The summed E-state index contributed by atoms with van der Waals surface area (Å²) in [6.45, 7) is 5.64. The summed E-state index contributed by atoms with van der Waals surface area (Å²) in [7, 11) is 0. The first-order chi connectivity index (χ1) is 7.62. The van der Waals surface area contributed by atoms with Gasteiger partial charge in [-0.2, -0.15) is 11.8 Å². The maximum atomic E-state index is 3.69. The topological polar surface area (TPSA) is 12.0 Å². The molecule has 1 N–H and O–H groups in total. The third-order valence-electron chi connectivity index (χ3n) is 3.03. The van der Waals surface area contributed by atoms with Crippen LogP contribution in [0.5, 0.6) is 0 Å². The highest BCUT2D eigenvalue weighted by atomic mass is 32.2. The summed E-state index contributed by atoms with van der Waals surface area (Å²) < 4.78 is 0.322. The Bertz CT molecular complexity index is 363. The summed E-state index contributed by atoms with van der Waals surface area (Å²) in [6.07, 6.45) is 2.18.